The van der Waals surface area contributed by atoms with Gasteiger partial charge in [-0.05, 0) is 0 Å². The highest BCUT2D eigenvalue weighted by Gasteiger charge is 1.99. The van der Waals surface area contributed by atoms with Crippen LogP contribution in [0.25, 0.3) is 0 Å². The summed E-state index contributed by atoms with van der Waals surface area (Å²) in [6.07, 6.45) is 2.67. The van der Waals surface area contributed by atoms with Crippen LogP contribution in [0.5, 0.6) is 0 Å². The Morgan fingerprint density at radius 1 is 1.82 bits per heavy atom. The number of nitrogens with zero attached hydrogens (tertiary/aromatic N) is 5. The van der Waals surface area contributed by atoms with Crippen LogP contribution in [0.2, 0.25) is 0 Å². The molecule has 0 N–H and O–H groups in total. The van der Waals surface area contributed by atoms with Gasteiger partial charge in [0.25, 0.3) is 5.84 Å². The molecule has 0 saturated carbocycles. The fourth-order valence-electron chi connectivity index (χ4n) is 0.518. The van der Waals surface area contributed by atoms with E-state index in [2.05, 4.69) is 20.1 Å². The lowest BCUT2D eigenvalue weighted by atomic mass is 10.7. The first-order valence-electron chi connectivity index (χ1n) is 2.74. The predicted octanol–water partition coefficient (Wildman–Crippen LogP) is -0.390. The number of rotatable bonds is 1. The van der Waals surface area contributed by atoms with E-state index in [1.54, 1.807) is 6.07 Å². The van der Waals surface area contributed by atoms with Gasteiger partial charge in [0.1, 0.15) is 25.8 Å². The van der Waals surface area contributed by atoms with Crippen LogP contribution >= 0.6 is 0 Å². The molecule has 6 heteroatoms. The van der Waals surface area contributed by atoms with Gasteiger partial charge in [-0.1, -0.05) is 5.16 Å². The van der Waals surface area contributed by atoms with Gasteiger partial charge in [-0.15, -0.1) is 0 Å². The first-order valence-corrected chi connectivity index (χ1v) is 2.74. The largest absolute Gasteiger partial charge is 0.397 e. The highest BCUT2D eigenvalue weighted by molar-refractivity contribution is 5.96. The van der Waals surface area contributed by atoms with E-state index >= 15 is 0 Å². The van der Waals surface area contributed by atoms with E-state index in [1.165, 1.54) is 24.4 Å². The molecule has 1 aromatic rings. The van der Waals surface area contributed by atoms with E-state index < -0.39 is 0 Å². The van der Waals surface area contributed by atoms with Crippen molar-refractivity contribution in [2.45, 2.75) is 0 Å². The SMILES string of the molecule is CON=C(C#N)n1cncn1. The zero-order chi connectivity index (χ0) is 8.10. The number of aromatic nitrogens is 3. The Hall–Kier alpha value is -1.90. The van der Waals surface area contributed by atoms with Crippen molar-refractivity contribution in [2.24, 2.45) is 5.16 Å². The maximum atomic E-state index is 8.48. The van der Waals surface area contributed by atoms with Crippen LogP contribution in [0.15, 0.2) is 17.8 Å². The summed E-state index contributed by atoms with van der Waals surface area (Å²) >= 11 is 0. The van der Waals surface area contributed by atoms with Crippen LogP contribution < -0.4 is 0 Å². The normalized spacial score (nSPS) is 10.7. The smallest absolute Gasteiger partial charge is 0.272 e. The average Bonchev–Trinajstić information content (AvgIpc) is 2.52. The molecule has 0 saturated heterocycles. The van der Waals surface area contributed by atoms with Crippen LogP contribution in [-0.2, 0) is 4.84 Å². The Morgan fingerprint density at radius 3 is 3.09 bits per heavy atom. The van der Waals surface area contributed by atoms with Crippen molar-refractivity contribution < 1.29 is 4.84 Å². The molecule has 0 amide bonds. The lowest BCUT2D eigenvalue weighted by Crippen LogP contribution is -2.09. The van der Waals surface area contributed by atoms with Crippen molar-refractivity contribution in [3.8, 4) is 6.07 Å². The molecule has 0 aromatic carbocycles. The van der Waals surface area contributed by atoms with Crippen molar-refractivity contribution in [3.63, 3.8) is 0 Å². The number of hydrogen-bond acceptors (Lipinski definition) is 5. The van der Waals surface area contributed by atoms with Gasteiger partial charge >= 0.3 is 0 Å². The van der Waals surface area contributed by atoms with Crippen LogP contribution in [0.1, 0.15) is 0 Å². The molecular weight excluding hydrogens is 146 g/mol. The van der Waals surface area contributed by atoms with Crippen LogP contribution in [0.3, 0.4) is 0 Å². The minimum absolute atomic E-state index is 0.0463. The lowest BCUT2D eigenvalue weighted by molar-refractivity contribution is 0.212. The van der Waals surface area contributed by atoms with Gasteiger partial charge < -0.3 is 4.84 Å². The molecule has 0 aliphatic heterocycles. The minimum Gasteiger partial charge on any atom is -0.397 e. The van der Waals surface area contributed by atoms with Gasteiger partial charge in [-0.3, -0.25) is 0 Å². The molecule has 11 heavy (non-hydrogen) atoms. The quantitative estimate of drug-likeness (QED) is 0.311. The van der Waals surface area contributed by atoms with Gasteiger partial charge in [0.15, 0.2) is 0 Å². The molecule has 0 atom stereocenters. The standard InChI is InChI=1S/C5H5N5O/c1-11-9-5(2-6)10-4-7-3-8-10/h3-4H,1H3. The highest BCUT2D eigenvalue weighted by Crippen LogP contribution is 1.82. The maximum absolute atomic E-state index is 8.48. The molecule has 0 unspecified atom stereocenters. The maximum Gasteiger partial charge on any atom is 0.272 e. The van der Waals surface area contributed by atoms with Gasteiger partial charge in [-0.25, -0.2) is 4.98 Å². The second-order valence-electron chi connectivity index (χ2n) is 1.55. The van der Waals surface area contributed by atoms with Crippen LogP contribution in [0.4, 0.5) is 0 Å². The Bertz CT molecular complexity index is 282. The van der Waals surface area contributed by atoms with Gasteiger partial charge in [0.2, 0.25) is 0 Å². The number of nitriles is 1. The molecule has 0 radical (unpaired) electrons. The van der Waals surface area contributed by atoms with E-state index in [1.807, 2.05) is 0 Å². The third kappa shape index (κ3) is 1.52. The molecule has 0 bridgehead atoms. The second kappa shape index (κ2) is 3.31. The Kier molecular flexibility index (Phi) is 2.17. The summed E-state index contributed by atoms with van der Waals surface area (Å²) in [5.41, 5.74) is 0. The van der Waals surface area contributed by atoms with Crippen molar-refractivity contribution in [3.05, 3.63) is 12.7 Å². The predicted molar refractivity (Wildman–Crippen MR) is 35.5 cm³/mol. The summed E-state index contributed by atoms with van der Waals surface area (Å²) < 4.78 is 1.21. The number of oxime groups is 1. The Balaban J connectivity index is 2.91. The summed E-state index contributed by atoms with van der Waals surface area (Å²) in [5, 5.41) is 15.6. The topological polar surface area (TPSA) is 76.1 Å². The minimum atomic E-state index is 0.0463. The highest BCUT2D eigenvalue weighted by atomic mass is 16.6. The van der Waals surface area contributed by atoms with Crippen molar-refractivity contribution >= 4 is 5.84 Å². The molecule has 0 aliphatic carbocycles. The molecule has 0 fully saturated rings. The lowest BCUT2D eigenvalue weighted by Gasteiger charge is -1.92. The summed E-state index contributed by atoms with van der Waals surface area (Å²) in [7, 11) is 1.36. The summed E-state index contributed by atoms with van der Waals surface area (Å²) in [4.78, 5) is 8.03. The third-order valence-corrected chi connectivity index (χ3v) is 0.914. The summed E-state index contributed by atoms with van der Waals surface area (Å²) in [6.45, 7) is 0. The van der Waals surface area contributed by atoms with Crippen molar-refractivity contribution in [1.82, 2.24) is 14.8 Å². The first kappa shape index (κ1) is 7.21. The van der Waals surface area contributed by atoms with Crippen molar-refractivity contribution in [2.75, 3.05) is 7.11 Å². The number of hydrogen-bond donors (Lipinski definition) is 0. The molecule has 1 aromatic heterocycles. The molecule has 1 rings (SSSR count). The van der Waals surface area contributed by atoms with E-state index in [-0.39, 0.29) is 5.84 Å². The van der Waals surface area contributed by atoms with Gasteiger partial charge in [0.05, 0.1) is 0 Å². The molecule has 0 aliphatic rings. The van der Waals surface area contributed by atoms with Gasteiger partial charge in [-0.2, -0.15) is 15.0 Å². The van der Waals surface area contributed by atoms with Gasteiger partial charge in [0, 0.05) is 0 Å². The summed E-state index contributed by atoms with van der Waals surface area (Å²) in [5.74, 6) is 0.0463. The zero-order valence-electron chi connectivity index (χ0n) is 5.80. The second-order valence-corrected chi connectivity index (χ2v) is 1.55. The summed E-state index contributed by atoms with van der Waals surface area (Å²) in [6, 6.07) is 1.79. The van der Waals surface area contributed by atoms with E-state index in [0.717, 1.165) is 0 Å². The zero-order valence-corrected chi connectivity index (χ0v) is 5.80. The third-order valence-electron chi connectivity index (χ3n) is 0.914. The van der Waals surface area contributed by atoms with E-state index in [9.17, 15) is 0 Å². The van der Waals surface area contributed by atoms with E-state index in [0.29, 0.717) is 0 Å². The molecular formula is C5H5N5O. The molecule has 6 nitrogen and oxygen atoms in total. The molecule has 1 heterocycles. The molecule has 0 spiro atoms. The fraction of sp³-hybridized carbons (Fsp3) is 0.200. The first-order chi connectivity index (χ1) is 5.38. The van der Waals surface area contributed by atoms with Crippen molar-refractivity contribution in [1.29, 1.82) is 5.26 Å². The van der Waals surface area contributed by atoms with E-state index in [4.69, 9.17) is 5.26 Å². The monoisotopic (exact) mass is 151 g/mol. The Labute approximate surface area is 62.7 Å². The van der Waals surface area contributed by atoms with Crippen LogP contribution in [0, 0.1) is 11.3 Å². The van der Waals surface area contributed by atoms with Crippen LogP contribution in [-0.4, -0.2) is 27.7 Å². The average molecular weight is 151 g/mol. The Morgan fingerprint density at radius 2 is 2.64 bits per heavy atom. The molecule has 56 valence electrons. The fourth-order valence-corrected chi connectivity index (χ4v) is 0.518.